The van der Waals surface area contributed by atoms with Crippen LogP contribution in [-0.2, 0) is 6.42 Å². The van der Waals surface area contributed by atoms with E-state index in [9.17, 15) is 0 Å². The van der Waals surface area contributed by atoms with Gasteiger partial charge in [0.05, 0.1) is 0 Å². The van der Waals surface area contributed by atoms with E-state index >= 15 is 0 Å². The van der Waals surface area contributed by atoms with Crippen molar-refractivity contribution >= 4 is 0 Å². The quantitative estimate of drug-likeness (QED) is 0.678. The van der Waals surface area contributed by atoms with Crippen LogP contribution < -0.4 is 0 Å². The van der Waals surface area contributed by atoms with Gasteiger partial charge in [-0.3, -0.25) is 0 Å². The molecule has 0 saturated heterocycles. The zero-order valence-electron chi connectivity index (χ0n) is 7.59. The SMILES string of the molecule is CCCCCc1cccc(O)c1. The van der Waals surface area contributed by atoms with E-state index in [0.717, 1.165) is 6.42 Å². The number of phenolic OH excluding ortho intramolecular Hbond substituents is 1. The zero-order valence-corrected chi connectivity index (χ0v) is 7.59. The van der Waals surface area contributed by atoms with Crippen molar-refractivity contribution in [2.75, 3.05) is 0 Å². The van der Waals surface area contributed by atoms with Crippen molar-refractivity contribution in [3.05, 3.63) is 29.8 Å². The summed E-state index contributed by atoms with van der Waals surface area (Å²) < 4.78 is 0. The van der Waals surface area contributed by atoms with E-state index in [1.807, 2.05) is 12.1 Å². The molecule has 0 amide bonds. The Morgan fingerprint density at radius 2 is 2.08 bits per heavy atom. The highest BCUT2D eigenvalue weighted by atomic mass is 16.3. The third-order valence-electron chi connectivity index (χ3n) is 1.98. The van der Waals surface area contributed by atoms with E-state index in [-0.39, 0.29) is 0 Å². The van der Waals surface area contributed by atoms with Crippen LogP contribution in [0.15, 0.2) is 24.3 Å². The number of benzene rings is 1. The van der Waals surface area contributed by atoms with Crippen molar-refractivity contribution in [1.29, 1.82) is 0 Å². The molecular weight excluding hydrogens is 148 g/mol. The number of aryl methyl sites for hydroxylation is 1. The molecule has 0 spiro atoms. The third kappa shape index (κ3) is 2.95. The molecule has 1 rings (SSSR count). The fourth-order valence-corrected chi connectivity index (χ4v) is 1.29. The van der Waals surface area contributed by atoms with Gasteiger partial charge in [-0.25, -0.2) is 0 Å². The standard InChI is InChI=1S/C11H16O/c1-2-3-4-6-10-7-5-8-11(12)9-10/h5,7-9,12H,2-4,6H2,1H3. The Morgan fingerprint density at radius 3 is 2.75 bits per heavy atom. The molecule has 66 valence electrons. The molecule has 1 nitrogen and oxygen atoms in total. The third-order valence-corrected chi connectivity index (χ3v) is 1.98. The average Bonchev–Trinajstić information content (AvgIpc) is 2.05. The molecule has 0 aromatic heterocycles. The van der Waals surface area contributed by atoms with Gasteiger partial charge in [0.25, 0.3) is 0 Å². The molecule has 0 radical (unpaired) electrons. The molecule has 0 saturated carbocycles. The first-order valence-electron chi connectivity index (χ1n) is 4.61. The minimum atomic E-state index is 0.379. The molecule has 1 aromatic rings. The molecule has 0 bridgehead atoms. The molecule has 0 unspecified atom stereocenters. The van der Waals surface area contributed by atoms with Crippen LogP contribution in [0, 0.1) is 0 Å². The second-order valence-electron chi connectivity index (χ2n) is 3.13. The Kier molecular flexibility index (Phi) is 3.65. The fourth-order valence-electron chi connectivity index (χ4n) is 1.29. The second kappa shape index (κ2) is 4.81. The van der Waals surface area contributed by atoms with Crippen LogP contribution in [0.1, 0.15) is 31.7 Å². The number of aromatic hydroxyl groups is 1. The minimum Gasteiger partial charge on any atom is -0.508 e. The van der Waals surface area contributed by atoms with Crippen LogP contribution in [0.4, 0.5) is 0 Å². The van der Waals surface area contributed by atoms with E-state index in [2.05, 4.69) is 13.0 Å². The zero-order chi connectivity index (χ0) is 8.81. The predicted octanol–water partition coefficient (Wildman–Crippen LogP) is 3.12. The van der Waals surface area contributed by atoms with Gasteiger partial charge < -0.3 is 5.11 Å². The van der Waals surface area contributed by atoms with Gasteiger partial charge in [-0.05, 0) is 30.5 Å². The monoisotopic (exact) mass is 164 g/mol. The van der Waals surface area contributed by atoms with Gasteiger partial charge >= 0.3 is 0 Å². The molecule has 0 aliphatic rings. The maximum absolute atomic E-state index is 9.17. The lowest BCUT2D eigenvalue weighted by Crippen LogP contribution is -1.84. The molecule has 0 atom stereocenters. The van der Waals surface area contributed by atoms with Crippen LogP contribution in [0.3, 0.4) is 0 Å². The molecule has 1 aromatic carbocycles. The first kappa shape index (κ1) is 9.11. The topological polar surface area (TPSA) is 20.2 Å². The van der Waals surface area contributed by atoms with Crippen LogP contribution in [0.5, 0.6) is 5.75 Å². The van der Waals surface area contributed by atoms with E-state index in [1.165, 1.54) is 24.8 Å². The van der Waals surface area contributed by atoms with Crippen LogP contribution >= 0.6 is 0 Å². The lowest BCUT2D eigenvalue weighted by Gasteiger charge is -2.00. The van der Waals surface area contributed by atoms with E-state index in [0.29, 0.717) is 5.75 Å². The summed E-state index contributed by atoms with van der Waals surface area (Å²) in [7, 11) is 0. The number of hydrogen-bond acceptors (Lipinski definition) is 1. The summed E-state index contributed by atoms with van der Waals surface area (Å²) >= 11 is 0. The number of unbranched alkanes of at least 4 members (excludes halogenated alkanes) is 2. The second-order valence-corrected chi connectivity index (χ2v) is 3.13. The number of phenols is 1. The molecular formula is C11H16O. The molecule has 0 fully saturated rings. The minimum absolute atomic E-state index is 0.379. The lowest BCUT2D eigenvalue weighted by molar-refractivity contribution is 0.474. The van der Waals surface area contributed by atoms with Gasteiger partial charge in [0.1, 0.15) is 5.75 Å². The first-order valence-corrected chi connectivity index (χ1v) is 4.61. The Bertz CT molecular complexity index is 230. The van der Waals surface area contributed by atoms with Gasteiger partial charge in [-0.2, -0.15) is 0 Å². The van der Waals surface area contributed by atoms with Crippen LogP contribution in [0.25, 0.3) is 0 Å². The molecule has 12 heavy (non-hydrogen) atoms. The van der Waals surface area contributed by atoms with Gasteiger partial charge in [0, 0.05) is 0 Å². The largest absolute Gasteiger partial charge is 0.508 e. The Morgan fingerprint density at radius 1 is 1.25 bits per heavy atom. The van der Waals surface area contributed by atoms with E-state index < -0.39 is 0 Å². The number of hydrogen-bond donors (Lipinski definition) is 1. The van der Waals surface area contributed by atoms with E-state index in [1.54, 1.807) is 6.07 Å². The number of rotatable bonds is 4. The fraction of sp³-hybridized carbons (Fsp3) is 0.455. The molecule has 0 heterocycles. The molecule has 0 aliphatic heterocycles. The predicted molar refractivity (Wildman–Crippen MR) is 51.3 cm³/mol. The smallest absolute Gasteiger partial charge is 0.115 e. The summed E-state index contributed by atoms with van der Waals surface area (Å²) in [5.74, 6) is 0.379. The normalized spacial score (nSPS) is 10.1. The highest BCUT2D eigenvalue weighted by Crippen LogP contribution is 2.13. The summed E-state index contributed by atoms with van der Waals surface area (Å²) in [6.45, 7) is 2.20. The summed E-state index contributed by atoms with van der Waals surface area (Å²) in [5, 5.41) is 9.17. The Labute approximate surface area is 74.1 Å². The Hall–Kier alpha value is -0.980. The van der Waals surface area contributed by atoms with Crippen molar-refractivity contribution in [2.45, 2.75) is 32.6 Å². The highest BCUT2D eigenvalue weighted by Gasteiger charge is 1.93. The van der Waals surface area contributed by atoms with Crippen molar-refractivity contribution in [3.8, 4) is 5.75 Å². The van der Waals surface area contributed by atoms with Crippen molar-refractivity contribution in [2.24, 2.45) is 0 Å². The van der Waals surface area contributed by atoms with Gasteiger partial charge in [-0.15, -0.1) is 0 Å². The summed E-state index contributed by atoms with van der Waals surface area (Å²) in [6.07, 6.45) is 4.83. The van der Waals surface area contributed by atoms with Crippen LogP contribution in [0.2, 0.25) is 0 Å². The van der Waals surface area contributed by atoms with Crippen LogP contribution in [-0.4, -0.2) is 5.11 Å². The van der Waals surface area contributed by atoms with E-state index in [4.69, 9.17) is 5.11 Å². The molecule has 1 N–H and O–H groups in total. The van der Waals surface area contributed by atoms with Gasteiger partial charge in [0.2, 0.25) is 0 Å². The lowest BCUT2D eigenvalue weighted by atomic mass is 10.1. The first-order chi connectivity index (χ1) is 5.83. The summed E-state index contributed by atoms with van der Waals surface area (Å²) in [6, 6.07) is 7.52. The maximum Gasteiger partial charge on any atom is 0.115 e. The average molecular weight is 164 g/mol. The van der Waals surface area contributed by atoms with Crippen molar-refractivity contribution < 1.29 is 5.11 Å². The molecule has 1 heteroatoms. The molecule has 0 aliphatic carbocycles. The van der Waals surface area contributed by atoms with Gasteiger partial charge in [-0.1, -0.05) is 31.9 Å². The summed E-state index contributed by atoms with van der Waals surface area (Å²) in [5.41, 5.74) is 1.24. The van der Waals surface area contributed by atoms with Gasteiger partial charge in [0.15, 0.2) is 0 Å². The van der Waals surface area contributed by atoms with Crippen molar-refractivity contribution in [1.82, 2.24) is 0 Å². The maximum atomic E-state index is 9.17. The Balaban J connectivity index is 2.41. The van der Waals surface area contributed by atoms with Crippen molar-refractivity contribution in [3.63, 3.8) is 0 Å². The summed E-state index contributed by atoms with van der Waals surface area (Å²) in [4.78, 5) is 0. The highest BCUT2D eigenvalue weighted by molar-refractivity contribution is 5.26.